The number of halogens is 1. The molecule has 0 spiro atoms. The summed E-state index contributed by atoms with van der Waals surface area (Å²) < 4.78 is 1.90. The van der Waals surface area contributed by atoms with E-state index < -0.39 is 5.97 Å². The lowest BCUT2D eigenvalue weighted by atomic mass is 10.4. The van der Waals surface area contributed by atoms with Crippen molar-refractivity contribution in [1.82, 2.24) is 4.98 Å². The van der Waals surface area contributed by atoms with Crippen LogP contribution in [-0.4, -0.2) is 16.1 Å². The lowest BCUT2D eigenvalue weighted by Crippen LogP contribution is -1.94. The first-order chi connectivity index (χ1) is 8.08. The smallest absolute Gasteiger partial charge is 0.347 e. The molecule has 2 aromatic heterocycles. The minimum absolute atomic E-state index is 0.331. The number of carboxylic acids is 1. The first kappa shape index (κ1) is 13.1. The van der Waals surface area contributed by atoms with Gasteiger partial charge in [0.2, 0.25) is 0 Å². The molecule has 7 heteroatoms. The third-order valence-electron chi connectivity index (χ3n) is 1.99. The Morgan fingerprint density at radius 1 is 1.65 bits per heavy atom. The van der Waals surface area contributed by atoms with Crippen LogP contribution in [0.2, 0.25) is 0 Å². The summed E-state index contributed by atoms with van der Waals surface area (Å²) in [5.74, 6) is -0.0891. The zero-order valence-electron chi connectivity index (χ0n) is 8.77. The first-order valence-corrected chi connectivity index (χ1v) is 8.11. The van der Waals surface area contributed by atoms with Gasteiger partial charge in [-0.15, -0.1) is 22.7 Å². The van der Waals surface area contributed by atoms with Gasteiger partial charge in [-0.05, 0) is 34.3 Å². The molecule has 0 saturated heterocycles. The van der Waals surface area contributed by atoms with Crippen molar-refractivity contribution in [3.8, 4) is 0 Å². The van der Waals surface area contributed by atoms with Crippen molar-refractivity contribution in [3.63, 3.8) is 0 Å². The molecule has 0 radical (unpaired) electrons. The first-order valence-electron chi connectivity index (χ1n) is 4.63. The highest BCUT2D eigenvalue weighted by molar-refractivity contribution is 9.10. The molecule has 2 aromatic rings. The summed E-state index contributed by atoms with van der Waals surface area (Å²) in [6.07, 6.45) is 0. The highest BCUT2D eigenvalue weighted by atomic mass is 79.9. The van der Waals surface area contributed by atoms with E-state index >= 15 is 0 Å². The number of aryl methyl sites for hydroxylation is 1. The molecule has 0 atom stereocenters. The van der Waals surface area contributed by atoms with Gasteiger partial charge in [-0.2, -0.15) is 0 Å². The fourth-order valence-electron chi connectivity index (χ4n) is 1.19. The van der Waals surface area contributed by atoms with Gasteiger partial charge < -0.3 is 5.11 Å². The normalized spacial score (nSPS) is 10.7. The van der Waals surface area contributed by atoms with Crippen LogP contribution in [0.15, 0.2) is 20.3 Å². The van der Waals surface area contributed by atoms with Gasteiger partial charge >= 0.3 is 5.97 Å². The average molecular weight is 350 g/mol. The van der Waals surface area contributed by atoms with Gasteiger partial charge in [0, 0.05) is 15.1 Å². The Balaban J connectivity index is 2.07. The van der Waals surface area contributed by atoms with Crippen LogP contribution in [0, 0.1) is 6.92 Å². The highest BCUT2D eigenvalue weighted by Gasteiger charge is 2.14. The number of aromatic carboxylic acids is 1. The van der Waals surface area contributed by atoms with Crippen LogP contribution in [0.3, 0.4) is 0 Å². The Morgan fingerprint density at radius 3 is 2.94 bits per heavy atom. The molecular weight excluding hydrogens is 342 g/mol. The van der Waals surface area contributed by atoms with E-state index in [0.29, 0.717) is 10.6 Å². The van der Waals surface area contributed by atoms with E-state index in [4.69, 9.17) is 5.11 Å². The number of carbonyl (C=O) groups is 1. The third kappa shape index (κ3) is 3.09. The summed E-state index contributed by atoms with van der Waals surface area (Å²) in [7, 11) is 0. The molecule has 17 heavy (non-hydrogen) atoms. The molecule has 2 heterocycles. The number of rotatable bonds is 4. The maximum Gasteiger partial charge on any atom is 0.347 e. The van der Waals surface area contributed by atoms with Crippen LogP contribution in [0.25, 0.3) is 0 Å². The number of thiazole rings is 1. The highest BCUT2D eigenvalue weighted by Crippen LogP contribution is 2.33. The predicted molar refractivity (Wildman–Crippen MR) is 75.4 cm³/mol. The maximum atomic E-state index is 10.9. The molecule has 1 N–H and O–H groups in total. The van der Waals surface area contributed by atoms with E-state index in [1.165, 1.54) is 16.2 Å². The molecule has 2 rings (SSSR count). The van der Waals surface area contributed by atoms with Crippen LogP contribution in [-0.2, 0) is 5.75 Å². The molecule has 0 aliphatic rings. The molecule has 0 saturated carbocycles. The topological polar surface area (TPSA) is 50.2 Å². The standard InChI is InChI=1S/C10H8BrNO2S3/c1-5-8(9(13)14)17-10(12-5)16-4-7-6(11)2-3-15-7/h2-3H,4H2,1H3,(H,13,14). The van der Waals surface area contributed by atoms with Crippen molar-refractivity contribution in [2.24, 2.45) is 0 Å². The lowest BCUT2D eigenvalue weighted by Gasteiger charge is -1.95. The monoisotopic (exact) mass is 349 g/mol. The fourth-order valence-corrected chi connectivity index (χ4v) is 5.01. The largest absolute Gasteiger partial charge is 0.477 e. The Bertz CT molecular complexity index is 549. The number of hydrogen-bond acceptors (Lipinski definition) is 5. The fraction of sp³-hybridized carbons (Fsp3) is 0.200. The second kappa shape index (κ2) is 5.51. The summed E-state index contributed by atoms with van der Waals surface area (Å²) in [4.78, 5) is 16.7. The minimum Gasteiger partial charge on any atom is -0.477 e. The van der Waals surface area contributed by atoms with Crippen LogP contribution in [0.4, 0.5) is 0 Å². The van der Waals surface area contributed by atoms with E-state index in [9.17, 15) is 4.79 Å². The van der Waals surface area contributed by atoms with Crippen molar-refractivity contribution in [3.05, 3.63) is 31.4 Å². The van der Waals surface area contributed by atoms with E-state index in [1.807, 2.05) is 11.4 Å². The molecule has 0 unspecified atom stereocenters. The second-order valence-electron chi connectivity index (χ2n) is 3.18. The second-order valence-corrected chi connectivity index (χ2v) is 7.26. The van der Waals surface area contributed by atoms with Gasteiger partial charge in [-0.1, -0.05) is 11.8 Å². The average Bonchev–Trinajstić information content (AvgIpc) is 2.82. The summed E-state index contributed by atoms with van der Waals surface area (Å²) in [6.45, 7) is 1.73. The maximum absolute atomic E-state index is 10.9. The molecule has 0 fully saturated rings. The predicted octanol–water partition coefficient (Wildman–Crippen LogP) is 4.27. The minimum atomic E-state index is -0.899. The van der Waals surface area contributed by atoms with Crippen molar-refractivity contribution >= 4 is 56.3 Å². The molecule has 3 nitrogen and oxygen atoms in total. The van der Waals surface area contributed by atoms with Crippen molar-refractivity contribution < 1.29 is 9.90 Å². The van der Waals surface area contributed by atoms with Crippen LogP contribution in [0.5, 0.6) is 0 Å². The van der Waals surface area contributed by atoms with Gasteiger partial charge in [-0.25, -0.2) is 9.78 Å². The summed E-state index contributed by atoms with van der Waals surface area (Å²) in [5.41, 5.74) is 0.593. The van der Waals surface area contributed by atoms with Crippen LogP contribution < -0.4 is 0 Å². The van der Waals surface area contributed by atoms with Gasteiger partial charge in [0.15, 0.2) is 4.34 Å². The Labute approximate surface area is 119 Å². The molecule has 0 amide bonds. The van der Waals surface area contributed by atoms with E-state index in [1.54, 1.807) is 30.0 Å². The van der Waals surface area contributed by atoms with Crippen molar-refractivity contribution in [1.29, 1.82) is 0 Å². The number of hydrogen-bond donors (Lipinski definition) is 1. The van der Waals surface area contributed by atoms with Gasteiger partial charge in [0.1, 0.15) is 4.88 Å². The van der Waals surface area contributed by atoms with Gasteiger partial charge in [-0.3, -0.25) is 0 Å². The molecule has 90 valence electrons. The SMILES string of the molecule is Cc1nc(SCc2sccc2Br)sc1C(=O)O. The number of thioether (sulfide) groups is 1. The summed E-state index contributed by atoms with van der Waals surface area (Å²) in [6, 6.07) is 2.01. The van der Waals surface area contributed by atoms with E-state index in [-0.39, 0.29) is 0 Å². The summed E-state index contributed by atoms with van der Waals surface area (Å²) >= 11 is 7.95. The van der Waals surface area contributed by atoms with Gasteiger partial charge in [0.05, 0.1) is 5.69 Å². The number of carboxylic acid groups (broad SMARTS) is 1. The Hall–Kier alpha value is -0.370. The van der Waals surface area contributed by atoms with Crippen molar-refractivity contribution in [2.45, 2.75) is 17.0 Å². The molecule has 0 aromatic carbocycles. The van der Waals surface area contributed by atoms with Gasteiger partial charge in [0.25, 0.3) is 0 Å². The van der Waals surface area contributed by atoms with Crippen molar-refractivity contribution in [2.75, 3.05) is 0 Å². The van der Waals surface area contributed by atoms with E-state index in [0.717, 1.165) is 14.6 Å². The summed E-state index contributed by atoms with van der Waals surface area (Å²) in [5, 5.41) is 11.0. The van der Waals surface area contributed by atoms with E-state index in [2.05, 4.69) is 20.9 Å². The molecule has 0 aliphatic heterocycles. The number of nitrogens with zero attached hydrogens (tertiary/aromatic N) is 1. The Morgan fingerprint density at radius 2 is 2.41 bits per heavy atom. The molecule has 0 aliphatic carbocycles. The number of thiophene rings is 1. The zero-order chi connectivity index (χ0) is 12.4. The third-order valence-corrected chi connectivity index (χ3v) is 6.41. The van der Waals surface area contributed by atoms with Crippen LogP contribution >= 0.6 is 50.4 Å². The zero-order valence-corrected chi connectivity index (χ0v) is 12.8. The number of aromatic nitrogens is 1. The molecular formula is C10H8BrNO2S3. The quantitative estimate of drug-likeness (QED) is 0.837. The lowest BCUT2D eigenvalue weighted by molar-refractivity contribution is 0.0701. The Kier molecular flexibility index (Phi) is 4.24. The van der Waals surface area contributed by atoms with Crippen LogP contribution in [0.1, 0.15) is 20.2 Å². The molecule has 0 bridgehead atoms.